The normalized spacial score (nSPS) is 11.0. The number of aryl methyl sites for hydroxylation is 1. The molecule has 0 bridgehead atoms. The van der Waals surface area contributed by atoms with E-state index in [-0.39, 0.29) is 29.3 Å². The Hall–Kier alpha value is -3.75. The molecule has 0 aliphatic rings. The predicted octanol–water partition coefficient (Wildman–Crippen LogP) is 3.45. The van der Waals surface area contributed by atoms with E-state index in [1.807, 2.05) is 0 Å². The van der Waals surface area contributed by atoms with Gasteiger partial charge in [-0.1, -0.05) is 6.07 Å². The van der Waals surface area contributed by atoms with Gasteiger partial charge in [-0.25, -0.2) is 4.79 Å². The van der Waals surface area contributed by atoms with E-state index in [0.29, 0.717) is 11.1 Å². The standard InChI is InChI=1S/C18H16N2O7/c1-12-3-8-17(16(9-12)20(24)25)27-11-14(18(21)26-2)10-13-4-6-15(7-5-13)19(22)23/h3-10H,11H2,1-2H3/b14-10-. The van der Waals surface area contributed by atoms with Crippen molar-refractivity contribution in [2.75, 3.05) is 13.7 Å². The molecule has 0 aromatic heterocycles. The number of nitro groups is 2. The fourth-order valence-corrected chi connectivity index (χ4v) is 2.23. The average molecular weight is 372 g/mol. The highest BCUT2D eigenvalue weighted by Crippen LogP contribution is 2.28. The minimum Gasteiger partial charge on any atom is -0.482 e. The molecule has 0 unspecified atom stereocenters. The van der Waals surface area contributed by atoms with Gasteiger partial charge in [0, 0.05) is 18.2 Å². The number of methoxy groups -OCH3 is 1. The molecule has 2 aromatic carbocycles. The SMILES string of the molecule is COC(=O)/C(=C\c1ccc([N+](=O)[O-])cc1)COc1ccc(C)cc1[N+](=O)[O-]. The Morgan fingerprint density at radius 2 is 1.74 bits per heavy atom. The maximum Gasteiger partial charge on any atom is 0.337 e. The molecule has 0 heterocycles. The van der Waals surface area contributed by atoms with Crippen molar-refractivity contribution >= 4 is 23.4 Å². The molecule has 0 aliphatic heterocycles. The first-order valence-corrected chi connectivity index (χ1v) is 7.73. The third-order valence-electron chi connectivity index (χ3n) is 3.59. The van der Waals surface area contributed by atoms with Crippen molar-refractivity contribution in [3.8, 4) is 5.75 Å². The van der Waals surface area contributed by atoms with Crippen molar-refractivity contribution in [3.63, 3.8) is 0 Å². The van der Waals surface area contributed by atoms with Gasteiger partial charge in [-0.3, -0.25) is 20.2 Å². The third-order valence-corrected chi connectivity index (χ3v) is 3.59. The van der Waals surface area contributed by atoms with Gasteiger partial charge < -0.3 is 9.47 Å². The summed E-state index contributed by atoms with van der Waals surface area (Å²) in [5, 5.41) is 21.9. The molecule has 0 spiro atoms. The Morgan fingerprint density at radius 3 is 2.30 bits per heavy atom. The average Bonchev–Trinajstić information content (AvgIpc) is 2.65. The summed E-state index contributed by atoms with van der Waals surface area (Å²) < 4.78 is 10.2. The molecule has 0 saturated carbocycles. The maximum atomic E-state index is 12.0. The van der Waals surface area contributed by atoms with Crippen molar-refractivity contribution in [2.45, 2.75) is 6.92 Å². The molecular formula is C18H16N2O7. The fourth-order valence-electron chi connectivity index (χ4n) is 2.23. The number of esters is 1. The van der Waals surface area contributed by atoms with E-state index in [0.717, 1.165) is 0 Å². The minimum atomic E-state index is -0.678. The number of non-ortho nitro benzene ring substituents is 1. The molecule has 0 atom stereocenters. The van der Waals surface area contributed by atoms with E-state index in [1.54, 1.807) is 13.0 Å². The number of hydrogen-bond acceptors (Lipinski definition) is 7. The molecule has 0 aliphatic carbocycles. The number of carbonyl (C=O) groups is 1. The zero-order chi connectivity index (χ0) is 20.0. The zero-order valence-electron chi connectivity index (χ0n) is 14.6. The summed E-state index contributed by atoms with van der Waals surface area (Å²) in [6.07, 6.45) is 1.44. The second-order valence-electron chi connectivity index (χ2n) is 5.53. The number of ether oxygens (including phenoxy) is 2. The number of hydrogen-bond donors (Lipinski definition) is 0. The molecule has 2 aromatic rings. The van der Waals surface area contributed by atoms with E-state index in [4.69, 9.17) is 9.47 Å². The van der Waals surface area contributed by atoms with Crippen molar-refractivity contribution in [3.05, 3.63) is 79.4 Å². The lowest BCUT2D eigenvalue weighted by molar-refractivity contribution is -0.385. The Balaban J connectivity index is 2.26. The van der Waals surface area contributed by atoms with Crippen LogP contribution < -0.4 is 4.74 Å². The van der Waals surface area contributed by atoms with Crippen LogP contribution in [0, 0.1) is 27.2 Å². The number of carbonyl (C=O) groups excluding carboxylic acids is 1. The fraction of sp³-hybridized carbons (Fsp3) is 0.167. The molecule has 2 rings (SSSR count). The van der Waals surface area contributed by atoms with Crippen LogP contribution in [0.1, 0.15) is 11.1 Å². The van der Waals surface area contributed by atoms with Crippen LogP contribution in [0.25, 0.3) is 6.08 Å². The van der Waals surface area contributed by atoms with Gasteiger partial charge in [0.25, 0.3) is 5.69 Å². The summed E-state index contributed by atoms with van der Waals surface area (Å²) in [4.78, 5) is 32.7. The van der Waals surface area contributed by atoms with Crippen LogP contribution in [0.5, 0.6) is 5.75 Å². The zero-order valence-corrected chi connectivity index (χ0v) is 14.6. The molecule has 9 nitrogen and oxygen atoms in total. The van der Waals surface area contributed by atoms with E-state index in [1.165, 1.54) is 49.6 Å². The van der Waals surface area contributed by atoms with Crippen LogP contribution in [0.15, 0.2) is 48.0 Å². The van der Waals surface area contributed by atoms with Gasteiger partial charge in [0.15, 0.2) is 5.75 Å². The van der Waals surface area contributed by atoms with Crippen molar-refractivity contribution in [2.24, 2.45) is 0 Å². The van der Waals surface area contributed by atoms with Gasteiger partial charge in [0.2, 0.25) is 0 Å². The largest absolute Gasteiger partial charge is 0.482 e. The van der Waals surface area contributed by atoms with Crippen LogP contribution >= 0.6 is 0 Å². The summed E-state index contributed by atoms with van der Waals surface area (Å²) in [7, 11) is 1.19. The second-order valence-corrected chi connectivity index (χ2v) is 5.53. The van der Waals surface area contributed by atoms with Crippen LogP contribution in [-0.2, 0) is 9.53 Å². The quantitative estimate of drug-likeness (QED) is 0.316. The van der Waals surface area contributed by atoms with Gasteiger partial charge >= 0.3 is 11.7 Å². The summed E-state index contributed by atoms with van der Waals surface area (Å²) in [5.41, 5.74) is 1.01. The highest BCUT2D eigenvalue weighted by molar-refractivity contribution is 5.94. The summed E-state index contributed by atoms with van der Waals surface area (Å²) in [6, 6.07) is 10.0. The maximum absolute atomic E-state index is 12.0. The Labute approximate surface area is 154 Å². The third kappa shape index (κ3) is 5.11. The molecule has 140 valence electrons. The number of nitrogens with zero attached hydrogens (tertiary/aromatic N) is 2. The highest BCUT2D eigenvalue weighted by Gasteiger charge is 2.18. The van der Waals surface area contributed by atoms with E-state index in [2.05, 4.69) is 0 Å². The summed E-state index contributed by atoms with van der Waals surface area (Å²) >= 11 is 0. The summed E-state index contributed by atoms with van der Waals surface area (Å²) in [5.74, 6) is -0.660. The van der Waals surface area contributed by atoms with E-state index < -0.39 is 15.8 Å². The first-order chi connectivity index (χ1) is 12.8. The van der Waals surface area contributed by atoms with Crippen LogP contribution in [0.2, 0.25) is 0 Å². The first kappa shape index (κ1) is 19.6. The Kier molecular flexibility index (Phi) is 6.21. The van der Waals surface area contributed by atoms with Gasteiger partial charge in [-0.05, 0) is 42.3 Å². The van der Waals surface area contributed by atoms with Crippen LogP contribution in [0.3, 0.4) is 0 Å². The van der Waals surface area contributed by atoms with Gasteiger partial charge in [0.05, 0.1) is 22.5 Å². The Morgan fingerprint density at radius 1 is 1.07 bits per heavy atom. The molecule has 0 saturated heterocycles. The molecule has 0 amide bonds. The molecule has 0 fully saturated rings. The number of rotatable bonds is 7. The predicted molar refractivity (Wildman–Crippen MR) is 96.4 cm³/mol. The topological polar surface area (TPSA) is 122 Å². The summed E-state index contributed by atoms with van der Waals surface area (Å²) in [6.45, 7) is 1.44. The van der Waals surface area contributed by atoms with Crippen molar-refractivity contribution < 1.29 is 24.1 Å². The van der Waals surface area contributed by atoms with Gasteiger partial charge in [-0.15, -0.1) is 0 Å². The van der Waals surface area contributed by atoms with Gasteiger partial charge in [-0.2, -0.15) is 0 Å². The van der Waals surface area contributed by atoms with Crippen molar-refractivity contribution in [1.82, 2.24) is 0 Å². The van der Waals surface area contributed by atoms with E-state index in [9.17, 15) is 25.0 Å². The highest BCUT2D eigenvalue weighted by atomic mass is 16.6. The molecule has 9 heteroatoms. The van der Waals surface area contributed by atoms with E-state index >= 15 is 0 Å². The molecular weight excluding hydrogens is 356 g/mol. The second kappa shape index (κ2) is 8.56. The monoisotopic (exact) mass is 372 g/mol. The van der Waals surface area contributed by atoms with Gasteiger partial charge in [0.1, 0.15) is 6.61 Å². The lowest BCUT2D eigenvalue weighted by atomic mass is 10.1. The molecule has 27 heavy (non-hydrogen) atoms. The Bertz CT molecular complexity index is 904. The van der Waals surface area contributed by atoms with Crippen molar-refractivity contribution in [1.29, 1.82) is 0 Å². The lowest BCUT2D eigenvalue weighted by Gasteiger charge is -2.09. The smallest absolute Gasteiger partial charge is 0.337 e. The van der Waals surface area contributed by atoms with Crippen LogP contribution in [-0.4, -0.2) is 29.5 Å². The minimum absolute atomic E-state index is 0.0177. The molecule has 0 radical (unpaired) electrons. The number of nitro benzene ring substituents is 2. The number of benzene rings is 2. The lowest BCUT2D eigenvalue weighted by Crippen LogP contribution is -2.13. The van der Waals surface area contributed by atoms with Crippen LogP contribution in [0.4, 0.5) is 11.4 Å². The first-order valence-electron chi connectivity index (χ1n) is 7.73. The molecule has 0 N–H and O–H groups in total.